The summed E-state index contributed by atoms with van der Waals surface area (Å²) in [7, 11) is 0. The summed E-state index contributed by atoms with van der Waals surface area (Å²) in [4.78, 5) is 0. The molecule has 1 aliphatic heterocycles. The van der Waals surface area contributed by atoms with Crippen LogP contribution in [0.1, 0.15) is 46.0 Å². The van der Waals surface area contributed by atoms with Gasteiger partial charge in [0.15, 0.2) is 0 Å². The van der Waals surface area contributed by atoms with Crippen LogP contribution in [0.2, 0.25) is 0 Å². The van der Waals surface area contributed by atoms with E-state index in [1.165, 1.54) is 32.1 Å². The third kappa shape index (κ3) is 1.28. The van der Waals surface area contributed by atoms with Crippen LogP contribution in [0.5, 0.6) is 0 Å². The maximum Gasteiger partial charge on any atom is 0.0947 e. The number of hydrogen-bond acceptors (Lipinski definition) is 1. The van der Waals surface area contributed by atoms with Crippen molar-refractivity contribution in [3.63, 3.8) is 0 Å². The van der Waals surface area contributed by atoms with E-state index in [2.05, 4.69) is 13.8 Å². The molecule has 2 rings (SSSR count). The van der Waals surface area contributed by atoms with Gasteiger partial charge in [0.25, 0.3) is 0 Å². The molecular formula is C11H20O. The van der Waals surface area contributed by atoms with Crippen LogP contribution in [-0.2, 0) is 4.74 Å². The first kappa shape index (κ1) is 8.55. The van der Waals surface area contributed by atoms with Crippen LogP contribution in [0.15, 0.2) is 0 Å². The van der Waals surface area contributed by atoms with Gasteiger partial charge in [-0.15, -0.1) is 0 Å². The van der Waals surface area contributed by atoms with Gasteiger partial charge < -0.3 is 4.74 Å². The Morgan fingerprint density at radius 3 is 2.83 bits per heavy atom. The van der Waals surface area contributed by atoms with E-state index in [1.54, 1.807) is 0 Å². The summed E-state index contributed by atoms with van der Waals surface area (Å²) >= 11 is 0. The van der Waals surface area contributed by atoms with Gasteiger partial charge in [0, 0.05) is 0 Å². The van der Waals surface area contributed by atoms with Crippen LogP contribution in [0.4, 0.5) is 0 Å². The molecular weight excluding hydrogens is 148 g/mol. The van der Waals surface area contributed by atoms with Crippen molar-refractivity contribution in [1.29, 1.82) is 0 Å². The molecule has 0 radical (unpaired) electrons. The molecule has 1 aliphatic carbocycles. The number of rotatable bonds is 2. The van der Waals surface area contributed by atoms with Crippen molar-refractivity contribution in [3.8, 4) is 0 Å². The van der Waals surface area contributed by atoms with Gasteiger partial charge in [-0.25, -0.2) is 0 Å². The molecule has 0 aromatic carbocycles. The van der Waals surface area contributed by atoms with E-state index >= 15 is 0 Å². The third-order valence-electron chi connectivity index (χ3n) is 3.89. The monoisotopic (exact) mass is 168 g/mol. The minimum Gasteiger partial charge on any atom is -0.369 e. The highest BCUT2D eigenvalue weighted by atomic mass is 16.6. The summed E-state index contributed by atoms with van der Waals surface area (Å²) in [5.41, 5.74) is 0.369. The van der Waals surface area contributed by atoms with Gasteiger partial charge in [0.05, 0.1) is 12.2 Å². The first-order chi connectivity index (χ1) is 5.78. The summed E-state index contributed by atoms with van der Waals surface area (Å²) in [5.74, 6) is 1.74. The predicted molar refractivity (Wildman–Crippen MR) is 50.1 cm³/mol. The van der Waals surface area contributed by atoms with Crippen molar-refractivity contribution in [1.82, 2.24) is 0 Å². The largest absolute Gasteiger partial charge is 0.369 e. The van der Waals surface area contributed by atoms with E-state index in [1.807, 2.05) is 0 Å². The zero-order valence-corrected chi connectivity index (χ0v) is 8.31. The molecule has 1 heteroatoms. The summed E-state index contributed by atoms with van der Waals surface area (Å²) < 4.78 is 5.67. The smallest absolute Gasteiger partial charge is 0.0947 e. The molecule has 1 saturated heterocycles. The van der Waals surface area contributed by atoms with Crippen LogP contribution in [-0.4, -0.2) is 12.2 Å². The Morgan fingerprint density at radius 1 is 1.50 bits per heavy atom. The number of epoxide rings is 1. The highest BCUT2D eigenvalue weighted by Crippen LogP contribution is 2.49. The Hall–Kier alpha value is -0.0400. The van der Waals surface area contributed by atoms with Crippen molar-refractivity contribution in [2.75, 3.05) is 6.61 Å². The standard InChI is InChI=1S/C11H20O/c1-3-9(2)10-6-4-5-7-11(10)8-12-11/h9-10H,3-8H2,1-2H3. The Labute approximate surface area is 75.5 Å². The maximum absolute atomic E-state index is 5.67. The highest BCUT2D eigenvalue weighted by molar-refractivity contribution is 5.01. The van der Waals surface area contributed by atoms with E-state index < -0.39 is 0 Å². The quantitative estimate of drug-likeness (QED) is 0.577. The summed E-state index contributed by atoms with van der Waals surface area (Å²) in [6.07, 6.45) is 6.89. The van der Waals surface area contributed by atoms with Gasteiger partial charge in [-0.1, -0.05) is 33.1 Å². The van der Waals surface area contributed by atoms with Crippen molar-refractivity contribution >= 4 is 0 Å². The first-order valence-electron chi connectivity index (χ1n) is 5.42. The average Bonchev–Trinajstić information content (AvgIpc) is 2.85. The molecule has 0 bridgehead atoms. The Balaban J connectivity index is 2.01. The molecule has 1 spiro atoms. The summed E-state index contributed by atoms with van der Waals surface area (Å²) in [5, 5.41) is 0. The minimum absolute atomic E-state index is 0.369. The van der Waals surface area contributed by atoms with Gasteiger partial charge in [-0.3, -0.25) is 0 Å². The Morgan fingerprint density at radius 2 is 2.25 bits per heavy atom. The van der Waals surface area contributed by atoms with E-state index in [0.29, 0.717) is 5.60 Å². The molecule has 0 aromatic rings. The fourth-order valence-electron chi connectivity index (χ4n) is 2.78. The average molecular weight is 168 g/mol. The second-order valence-electron chi connectivity index (χ2n) is 4.59. The van der Waals surface area contributed by atoms with Gasteiger partial charge >= 0.3 is 0 Å². The van der Waals surface area contributed by atoms with Crippen molar-refractivity contribution in [2.24, 2.45) is 11.8 Å². The lowest BCUT2D eigenvalue weighted by Gasteiger charge is -2.33. The fraction of sp³-hybridized carbons (Fsp3) is 1.00. The SMILES string of the molecule is CCC(C)C1CCCCC12CO2. The maximum atomic E-state index is 5.67. The van der Waals surface area contributed by atoms with Gasteiger partial charge in [-0.05, 0) is 24.7 Å². The van der Waals surface area contributed by atoms with Crippen LogP contribution >= 0.6 is 0 Å². The molecule has 1 heterocycles. The van der Waals surface area contributed by atoms with Gasteiger partial charge in [0.1, 0.15) is 0 Å². The molecule has 0 amide bonds. The molecule has 70 valence electrons. The summed E-state index contributed by atoms with van der Waals surface area (Å²) in [6, 6.07) is 0. The van der Waals surface area contributed by atoms with E-state index in [4.69, 9.17) is 4.74 Å². The third-order valence-corrected chi connectivity index (χ3v) is 3.89. The molecule has 3 unspecified atom stereocenters. The molecule has 0 aromatic heterocycles. The molecule has 2 fully saturated rings. The van der Waals surface area contributed by atoms with E-state index in [0.717, 1.165) is 18.4 Å². The lowest BCUT2D eigenvalue weighted by molar-refractivity contribution is 0.113. The van der Waals surface area contributed by atoms with Crippen molar-refractivity contribution < 1.29 is 4.74 Å². The molecule has 3 atom stereocenters. The van der Waals surface area contributed by atoms with Crippen molar-refractivity contribution in [3.05, 3.63) is 0 Å². The van der Waals surface area contributed by atoms with Gasteiger partial charge in [0.2, 0.25) is 0 Å². The second kappa shape index (κ2) is 3.02. The lowest BCUT2D eigenvalue weighted by atomic mass is 9.72. The topological polar surface area (TPSA) is 12.5 Å². The van der Waals surface area contributed by atoms with Gasteiger partial charge in [-0.2, -0.15) is 0 Å². The predicted octanol–water partition coefficient (Wildman–Crippen LogP) is 2.99. The van der Waals surface area contributed by atoms with Crippen LogP contribution < -0.4 is 0 Å². The Kier molecular flexibility index (Phi) is 2.16. The van der Waals surface area contributed by atoms with Crippen LogP contribution in [0.3, 0.4) is 0 Å². The van der Waals surface area contributed by atoms with E-state index in [-0.39, 0.29) is 0 Å². The second-order valence-corrected chi connectivity index (χ2v) is 4.59. The zero-order valence-electron chi connectivity index (χ0n) is 8.31. The minimum atomic E-state index is 0.369. The van der Waals surface area contributed by atoms with Crippen LogP contribution in [0, 0.1) is 11.8 Å². The number of hydrogen-bond donors (Lipinski definition) is 0. The molecule has 1 saturated carbocycles. The lowest BCUT2D eigenvalue weighted by Crippen LogP contribution is -2.32. The molecule has 0 N–H and O–H groups in total. The van der Waals surface area contributed by atoms with Crippen molar-refractivity contribution in [2.45, 2.75) is 51.6 Å². The molecule has 12 heavy (non-hydrogen) atoms. The molecule has 2 aliphatic rings. The number of ether oxygens (including phenoxy) is 1. The first-order valence-corrected chi connectivity index (χ1v) is 5.42. The molecule has 1 nitrogen and oxygen atoms in total. The van der Waals surface area contributed by atoms with Crippen LogP contribution in [0.25, 0.3) is 0 Å². The zero-order chi connectivity index (χ0) is 8.60. The Bertz CT molecular complexity index is 160. The normalized spacial score (nSPS) is 43.0. The fourth-order valence-corrected chi connectivity index (χ4v) is 2.78. The highest BCUT2D eigenvalue weighted by Gasteiger charge is 2.53. The summed E-state index contributed by atoms with van der Waals surface area (Å²) in [6.45, 7) is 5.75. The van der Waals surface area contributed by atoms with E-state index in [9.17, 15) is 0 Å².